The number of rotatable bonds is 9. The van der Waals surface area contributed by atoms with Gasteiger partial charge in [-0.1, -0.05) is 6.07 Å². The Morgan fingerprint density at radius 3 is 2.42 bits per heavy atom. The van der Waals surface area contributed by atoms with Crippen LogP contribution in [-0.4, -0.2) is 78.4 Å². The Kier molecular flexibility index (Phi) is 7.09. The van der Waals surface area contributed by atoms with Crippen molar-refractivity contribution < 1.29 is 8.42 Å². The third kappa shape index (κ3) is 5.35. The molecule has 0 amide bonds. The molecule has 0 spiro atoms. The second-order valence-corrected chi connectivity index (χ2v) is 13.2. The maximum absolute atomic E-state index is 12.9. The highest BCUT2D eigenvalue weighted by molar-refractivity contribution is 7.93. The lowest BCUT2D eigenvalue weighted by Gasteiger charge is -2.36. The largest absolute Gasteiger partial charge is 0.371 e. The summed E-state index contributed by atoms with van der Waals surface area (Å²) < 4.78 is 29.1. The maximum Gasteiger partial charge on any atom is 0.238 e. The fourth-order valence-electron chi connectivity index (χ4n) is 5.41. The molecule has 0 atom stereocenters. The zero-order valence-corrected chi connectivity index (χ0v) is 24.0. The van der Waals surface area contributed by atoms with Gasteiger partial charge in [0.1, 0.15) is 11.5 Å². The van der Waals surface area contributed by atoms with Gasteiger partial charge in [-0.3, -0.25) is 4.31 Å². The molecular weight excluding hydrogens is 524 g/mol. The molecule has 1 saturated carbocycles. The van der Waals surface area contributed by atoms with Crippen LogP contribution < -0.4 is 14.5 Å². The highest BCUT2D eigenvalue weighted by Crippen LogP contribution is 2.33. The number of fused-ring (bicyclic) bond motifs is 1. The van der Waals surface area contributed by atoms with E-state index in [4.69, 9.17) is 4.98 Å². The second-order valence-electron chi connectivity index (χ2n) is 11.0. The molecule has 4 heterocycles. The molecule has 6 rings (SSSR count). The Morgan fingerprint density at radius 2 is 1.73 bits per heavy atom. The van der Waals surface area contributed by atoms with Crippen molar-refractivity contribution in [1.82, 2.24) is 24.4 Å². The van der Waals surface area contributed by atoms with Crippen molar-refractivity contribution in [1.29, 1.82) is 0 Å². The van der Waals surface area contributed by atoms with E-state index in [2.05, 4.69) is 63.4 Å². The van der Waals surface area contributed by atoms with Gasteiger partial charge in [-0.05, 0) is 76.2 Å². The fourth-order valence-corrected chi connectivity index (χ4v) is 7.00. The number of aromatic nitrogens is 4. The third-order valence-corrected chi connectivity index (χ3v) is 10.3. The van der Waals surface area contributed by atoms with Gasteiger partial charge < -0.3 is 19.7 Å². The molecule has 210 valence electrons. The van der Waals surface area contributed by atoms with Gasteiger partial charge in [0, 0.05) is 67.1 Å². The average Bonchev–Trinajstić information content (AvgIpc) is 3.76. The molecule has 11 heteroatoms. The van der Waals surface area contributed by atoms with Gasteiger partial charge in [0.05, 0.1) is 11.8 Å². The summed E-state index contributed by atoms with van der Waals surface area (Å²) in [5.41, 5.74) is 3.73. The molecule has 2 aliphatic rings. The second kappa shape index (κ2) is 10.7. The molecule has 1 saturated heterocycles. The third-order valence-electron chi connectivity index (χ3n) is 8.02. The number of pyridine rings is 1. The summed E-state index contributed by atoms with van der Waals surface area (Å²) in [6.45, 7) is 2.56. The molecule has 0 radical (unpaired) electrons. The molecular formula is C29H36N8O2S. The average molecular weight is 561 g/mol. The minimum absolute atomic E-state index is 0.300. The van der Waals surface area contributed by atoms with Crippen LogP contribution in [-0.2, 0) is 16.6 Å². The number of benzene rings is 1. The predicted molar refractivity (Wildman–Crippen MR) is 160 cm³/mol. The summed E-state index contributed by atoms with van der Waals surface area (Å²) >= 11 is 0. The van der Waals surface area contributed by atoms with Crippen molar-refractivity contribution in [2.24, 2.45) is 0 Å². The normalized spacial score (nSPS) is 16.6. The zero-order valence-electron chi connectivity index (χ0n) is 23.2. The van der Waals surface area contributed by atoms with Crippen LogP contribution in [0.3, 0.4) is 0 Å². The number of anilines is 4. The van der Waals surface area contributed by atoms with Crippen LogP contribution in [0.2, 0.25) is 0 Å². The Balaban J connectivity index is 1.18. The first-order valence-electron chi connectivity index (χ1n) is 13.8. The van der Waals surface area contributed by atoms with E-state index in [1.165, 1.54) is 22.8 Å². The van der Waals surface area contributed by atoms with E-state index >= 15 is 0 Å². The highest BCUT2D eigenvalue weighted by Gasteiger charge is 2.39. The molecule has 40 heavy (non-hydrogen) atoms. The summed E-state index contributed by atoms with van der Waals surface area (Å²) in [5.74, 6) is 0.960. The molecule has 0 unspecified atom stereocenters. The summed E-state index contributed by atoms with van der Waals surface area (Å²) in [6, 6.07) is 14.8. The number of nitrogens with zero attached hydrogens (tertiary/aromatic N) is 7. The number of hydrogen-bond acceptors (Lipinski definition) is 8. The molecule has 3 aromatic heterocycles. The van der Waals surface area contributed by atoms with Crippen LogP contribution in [0.25, 0.3) is 11.0 Å². The SMILES string of the molecule is CN(C)C1CCN(c2ccc(Nc3ncc4ccn(Cc5cccnc5N(C)S(=O)(=O)C5CC5)c4n3)cc2)CC1. The Hall–Kier alpha value is -3.70. The quantitative estimate of drug-likeness (QED) is 0.327. The molecule has 2 fully saturated rings. The first kappa shape index (κ1) is 26.5. The van der Waals surface area contributed by atoms with Crippen LogP contribution in [0.1, 0.15) is 31.2 Å². The van der Waals surface area contributed by atoms with E-state index in [-0.39, 0.29) is 5.25 Å². The zero-order chi connectivity index (χ0) is 27.9. The highest BCUT2D eigenvalue weighted by atomic mass is 32.2. The van der Waals surface area contributed by atoms with Gasteiger partial charge in [-0.15, -0.1) is 0 Å². The summed E-state index contributed by atoms with van der Waals surface area (Å²) in [4.78, 5) is 18.5. The van der Waals surface area contributed by atoms with E-state index in [1.54, 1.807) is 19.4 Å². The van der Waals surface area contributed by atoms with E-state index < -0.39 is 10.0 Å². The van der Waals surface area contributed by atoms with Crippen LogP contribution in [0, 0.1) is 0 Å². The molecule has 1 aliphatic heterocycles. The maximum atomic E-state index is 12.9. The predicted octanol–water partition coefficient (Wildman–Crippen LogP) is 4.08. The van der Waals surface area contributed by atoms with Crippen LogP contribution in [0.15, 0.2) is 61.1 Å². The topological polar surface area (TPSA) is 99.5 Å². The van der Waals surface area contributed by atoms with Gasteiger partial charge in [-0.2, -0.15) is 4.98 Å². The van der Waals surface area contributed by atoms with Gasteiger partial charge in [0.25, 0.3) is 0 Å². The summed E-state index contributed by atoms with van der Waals surface area (Å²) in [7, 11) is 2.51. The molecule has 10 nitrogen and oxygen atoms in total. The van der Waals surface area contributed by atoms with E-state index in [9.17, 15) is 8.42 Å². The minimum atomic E-state index is -3.40. The van der Waals surface area contributed by atoms with Crippen molar-refractivity contribution in [3.8, 4) is 0 Å². The van der Waals surface area contributed by atoms with Crippen LogP contribution in [0.4, 0.5) is 23.1 Å². The van der Waals surface area contributed by atoms with Crippen LogP contribution >= 0.6 is 0 Å². The van der Waals surface area contributed by atoms with Gasteiger partial charge in [-0.25, -0.2) is 18.4 Å². The van der Waals surface area contributed by atoms with Crippen molar-refractivity contribution in [2.75, 3.05) is 48.8 Å². The molecule has 1 aliphatic carbocycles. The standard InChI is InChI=1S/C29H36N8O2S/c1-34(2)24-13-17-36(18-14-24)25-8-6-23(7-9-25)32-29-31-19-21-12-16-37(28(21)33-29)20-22-5-4-15-30-27(22)35(3)40(38,39)26-10-11-26/h4-9,12,15-16,19,24,26H,10-11,13-14,17-18,20H2,1-3H3,(H,31,32,33). The first-order valence-corrected chi connectivity index (χ1v) is 15.3. The monoisotopic (exact) mass is 560 g/mol. The molecule has 1 N–H and O–H groups in total. The number of nitrogens with one attached hydrogen (secondary N) is 1. The number of piperidine rings is 1. The van der Waals surface area contributed by atoms with Gasteiger partial charge >= 0.3 is 0 Å². The Morgan fingerprint density at radius 1 is 0.975 bits per heavy atom. The van der Waals surface area contributed by atoms with Crippen molar-refractivity contribution in [2.45, 2.75) is 43.5 Å². The van der Waals surface area contributed by atoms with Gasteiger partial charge in [0.2, 0.25) is 16.0 Å². The fraction of sp³-hybridized carbons (Fsp3) is 0.414. The summed E-state index contributed by atoms with van der Waals surface area (Å²) in [6.07, 6.45) is 9.15. The van der Waals surface area contributed by atoms with E-state index in [0.717, 1.165) is 35.4 Å². The lowest BCUT2D eigenvalue weighted by molar-refractivity contribution is 0.249. The van der Waals surface area contributed by atoms with Crippen molar-refractivity contribution in [3.05, 3.63) is 66.6 Å². The van der Waals surface area contributed by atoms with Gasteiger partial charge in [0.15, 0.2) is 0 Å². The van der Waals surface area contributed by atoms with Crippen molar-refractivity contribution >= 4 is 44.2 Å². The smallest absolute Gasteiger partial charge is 0.238 e. The van der Waals surface area contributed by atoms with Crippen molar-refractivity contribution in [3.63, 3.8) is 0 Å². The number of hydrogen-bond donors (Lipinski definition) is 1. The molecule has 0 bridgehead atoms. The Labute approximate surface area is 235 Å². The lowest BCUT2D eigenvalue weighted by Crippen LogP contribution is -2.41. The summed E-state index contributed by atoms with van der Waals surface area (Å²) in [5, 5.41) is 3.95. The Bertz CT molecular complexity index is 1590. The minimum Gasteiger partial charge on any atom is -0.371 e. The van der Waals surface area contributed by atoms with E-state index in [1.807, 2.05) is 29.0 Å². The van der Waals surface area contributed by atoms with E-state index in [0.29, 0.717) is 37.2 Å². The molecule has 4 aromatic rings. The first-order chi connectivity index (χ1) is 19.3. The van der Waals surface area contributed by atoms with Crippen LogP contribution in [0.5, 0.6) is 0 Å². The lowest BCUT2D eigenvalue weighted by atomic mass is 10.0. The molecule has 1 aromatic carbocycles. The number of sulfonamides is 1.